The molecule has 0 amide bonds. The Morgan fingerprint density at radius 1 is 0.625 bits per heavy atom. The number of hydrogen-bond acceptors (Lipinski definition) is 4. The zero-order chi connectivity index (χ0) is 18.0. The van der Waals surface area contributed by atoms with E-state index in [2.05, 4.69) is 27.7 Å². The molecule has 2 nitrogen and oxygen atoms in total. The van der Waals surface area contributed by atoms with E-state index in [9.17, 15) is 9.59 Å². The van der Waals surface area contributed by atoms with E-state index in [0.717, 1.165) is 57.7 Å². The average molecular weight is 363 g/mol. The Kier molecular flexibility index (Phi) is 6.16. The molecule has 0 aliphatic carbocycles. The lowest BCUT2D eigenvalue weighted by molar-refractivity contribution is 0.100. The Balaban J connectivity index is 2.95. The van der Waals surface area contributed by atoms with Crippen molar-refractivity contribution >= 4 is 34.2 Å². The van der Waals surface area contributed by atoms with Gasteiger partial charge in [0.2, 0.25) is 0 Å². The van der Waals surface area contributed by atoms with Gasteiger partial charge in [-0.3, -0.25) is 9.59 Å². The molecule has 0 N–H and O–H groups in total. The van der Waals surface area contributed by atoms with Gasteiger partial charge in [0.25, 0.3) is 0 Å². The Hall–Kier alpha value is -1.26. The van der Waals surface area contributed by atoms with E-state index < -0.39 is 0 Å². The van der Waals surface area contributed by atoms with E-state index in [0.29, 0.717) is 0 Å². The van der Waals surface area contributed by atoms with E-state index in [1.807, 2.05) is 0 Å². The summed E-state index contributed by atoms with van der Waals surface area (Å²) in [5, 5.41) is 0. The molecule has 2 rings (SSSR count). The summed E-state index contributed by atoms with van der Waals surface area (Å²) in [5.41, 5.74) is 3.78. The smallest absolute Gasteiger partial charge is 0.161 e. The summed E-state index contributed by atoms with van der Waals surface area (Å²) in [4.78, 5) is 29.6. The van der Waals surface area contributed by atoms with Gasteiger partial charge in [-0.2, -0.15) is 0 Å². The first-order valence-corrected chi connectivity index (χ1v) is 10.4. The standard InChI is InChI=1S/C20H26O2S2/c1-7-13-17(11(5)21)19(15(9-3)23-13)20-16(10-4)24-14(8-2)18(20)12(6)22/h7-10H2,1-6H3. The molecule has 0 radical (unpaired) electrons. The maximum atomic E-state index is 12.4. The number of aryl methyl sites for hydroxylation is 4. The molecule has 2 aromatic heterocycles. The summed E-state index contributed by atoms with van der Waals surface area (Å²) in [6.45, 7) is 11.8. The zero-order valence-electron chi connectivity index (χ0n) is 15.5. The number of thiophene rings is 2. The lowest BCUT2D eigenvalue weighted by Crippen LogP contribution is -2.03. The van der Waals surface area contributed by atoms with Crippen molar-refractivity contribution in [1.29, 1.82) is 0 Å². The Labute approximate surface area is 152 Å². The average Bonchev–Trinajstić information content (AvgIpc) is 3.11. The van der Waals surface area contributed by atoms with Crippen molar-refractivity contribution in [2.24, 2.45) is 0 Å². The molecule has 24 heavy (non-hydrogen) atoms. The molecule has 0 fully saturated rings. The van der Waals surface area contributed by atoms with Crippen molar-refractivity contribution in [3.63, 3.8) is 0 Å². The second-order valence-electron chi connectivity index (χ2n) is 5.92. The molecule has 0 aliphatic rings. The SMILES string of the molecule is CCc1sc(CC)c(-c2c(CC)sc(CC)c2C(C)=O)c1C(C)=O. The van der Waals surface area contributed by atoms with Gasteiger partial charge in [-0.1, -0.05) is 27.7 Å². The van der Waals surface area contributed by atoms with Crippen LogP contribution in [0.15, 0.2) is 0 Å². The summed E-state index contributed by atoms with van der Waals surface area (Å²) < 4.78 is 0. The lowest BCUT2D eigenvalue weighted by Gasteiger charge is -2.10. The predicted octanol–water partition coefficient (Wildman–Crippen LogP) is 6.13. The van der Waals surface area contributed by atoms with Crippen LogP contribution < -0.4 is 0 Å². The molecule has 4 heteroatoms. The summed E-state index contributed by atoms with van der Waals surface area (Å²) in [6.07, 6.45) is 3.48. The molecule has 0 unspecified atom stereocenters. The third-order valence-corrected chi connectivity index (χ3v) is 7.30. The van der Waals surface area contributed by atoms with Crippen LogP contribution in [-0.2, 0) is 25.7 Å². The first-order chi connectivity index (χ1) is 11.4. The van der Waals surface area contributed by atoms with Gasteiger partial charge in [-0.25, -0.2) is 0 Å². The molecule has 2 aromatic rings. The monoisotopic (exact) mass is 362 g/mol. The molecule has 0 aromatic carbocycles. The Morgan fingerprint density at radius 2 is 0.917 bits per heavy atom. The quantitative estimate of drug-likeness (QED) is 0.555. The fourth-order valence-electron chi connectivity index (χ4n) is 3.33. The highest BCUT2D eigenvalue weighted by molar-refractivity contribution is 7.14. The van der Waals surface area contributed by atoms with E-state index in [4.69, 9.17) is 0 Å². The Bertz CT molecular complexity index is 712. The predicted molar refractivity (Wildman–Crippen MR) is 105 cm³/mol. The van der Waals surface area contributed by atoms with Crippen molar-refractivity contribution in [3.05, 3.63) is 30.6 Å². The van der Waals surface area contributed by atoms with Crippen LogP contribution in [0.5, 0.6) is 0 Å². The molecule has 2 heterocycles. The summed E-state index contributed by atoms with van der Waals surface area (Å²) in [6, 6.07) is 0. The van der Waals surface area contributed by atoms with E-state index in [1.54, 1.807) is 36.5 Å². The van der Waals surface area contributed by atoms with Gasteiger partial charge in [-0.05, 0) is 39.5 Å². The van der Waals surface area contributed by atoms with E-state index >= 15 is 0 Å². The summed E-state index contributed by atoms with van der Waals surface area (Å²) >= 11 is 3.48. The van der Waals surface area contributed by atoms with Gasteiger partial charge in [0, 0.05) is 41.8 Å². The van der Waals surface area contributed by atoms with Crippen LogP contribution in [0, 0.1) is 0 Å². The van der Waals surface area contributed by atoms with Crippen molar-refractivity contribution in [2.45, 2.75) is 67.2 Å². The molecule has 0 saturated carbocycles. The fourth-order valence-corrected chi connectivity index (χ4v) is 5.81. The van der Waals surface area contributed by atoms with E-state index in [1.165, 1.54) is 9.75 Å². The first kappa shape index (κ1) is 19.1. The number of rotatable bonds is 7. The molecule has 0 aliphatic heterocycles. The van der Waals surface area contributed by atoms with E-state index in [-0.39, 0.29) is 11.6 Å². The second kappa shape index (κ2) is 7.75. The van der Waals surface area contributed by atoms with Gasteiger partial charge >= 0.3 is 0 Å². The molecular weight excluding hydrogens is 336 g/mol. The minimum Gasteiger partial charge on any atom is -0.294 e. The van der Waals surface area contributed by atoms with Crippen LogP contribution in [-0.4, -0.2) is 11.6 Å². The van der Waals surface area contributed by atoms with Crippen LogP contribution in [0.1, 0.15) is 81.8 Å². The third-order valence-electron chi connectivity index (χ3n) is 4.35. The number of ketones is 2. The van der Waals surface area contributed by atoms with Crippen molar-refractivity contribution < 1.29 is 9.59 Å². The number of carbonyl (C=O) groups excluding carboxylic acids is 2. The maximum absolute atomic E-state index is 12.4. The molecular formula is C20H26O2S2. The van der Waals surface area contributed by atoms with Crippen LogP contribution in [0.3, 0.4) is 0 Å². The first-order valence-electron chi connectivity index (χ1n) is 8.72. The molecule has 0 saturated heterocycles. The Morgan fingerprint density at radius 3 is 1.12 bits per heavy atom. The van der Waals surface area contributed by atoms with Crippen LogP contribution >= 0.6 is 22.7 Å². The number of carbonyl (C=O) groups is 2. The van der Waals surface area contributed by atoms with Crippen molar-refractivity contribution in [1.82, 2.24) is 0 Å². The largest absolute Gasteiger partial charge is 0.294 e. The summed E-state index contributed by atoms with van der Waals surface area (Å²) in [7, 11) is 0. The van der Waals surface area contributed by atoms with Crippen molar-refractivity contribution in [3.8, 4) is 11.1 Å². The lowest BCUT2D eigenvalue weighted by atomic mass is 9.91. The third kappa shape index (κ3) is 3.14. The summed E-state index contributed by atoms with van der Waals surface area (Å²) in [5.74, 6) is 0.220. The van der Waals surface area contributed by atoms with Crippen molar-refractivity contribution in [2.75, 3.05) is 0 Å². The van der Waals surface area contributed by atoms with Gasteiger partial charge in [-0.15, -0.1) is 22.7 Å². The molecule has 130 valence electrons. The van der Waals surface area contributed by atoms with Gasteiger partial charge < -0.3 is 0 Å². The number of Topliss-reactive ketones (excluding diaryl/α,β-unsaturated/α-hetero) is 2. The van der Waals surface area contributed by atoms with Gasteiger partial charge in [0.15, 0.2) is 11.6 Å². The minimum absolute atomic E-state index is 0.110. The van der Waals surface area contributed by atoms with Gasteiger partial charge in [0.05, 0.1) is 0 Å². The molecule has 0 atom stereocenters. The minimum atomic E-state index is 0.110. The highest BCUT2D eigenvalue weighted by Gasteiger charge is 2.28. The molecule has 0 spiro atoms. The normalized spacial score (nSPS) is 11.1. The van der Waals surface area contributed by atoms with Crippen LogP contribution in [0.25, 0.3) is 11.1 Å². The highest BCUT2D eigenvalue weighted by atomic mass is 32.1. The number of hydrogen-bond donors (Lipinski definition) is 0. The fraction of sp³-hybridized carbons (Fsp3) is 0.500. The van der Waals surface area contributed by atoms with Gasteiger partial charge in [0.1, 0.15) is 0 Å². The maximum Gasteiger partial charge on any atom is 0.161 e. The highest BCUT2D eigenvalue weighted by Crippen LogP contribution is 2.45. The zero-order valence-corrected chi connectivity index (χ0v) is 17.1. The van der Waals surface area contributed by atoms with Crippen LogP contribution in [0.4, 0.5) is 0 Å². The molecule has 0 bridgehead atoms. The second-order valence-corrected chi connectivity index (χ2v) is 8.30. The topological polar surface area (TPSA) is 34.1 Å². The van der Waals surface area contributed by atoms with Crippen LogP contribution in [0.2, 0.25) is 0 Å².